The lowest BCUT2D eigenvalue weighted by Crippen LogP contribution is -2.28. The van der Waals surface area contributed by atoms with Gasteiger partial charge in [0.1, 0.15) is 0 Å². The highest BCUT2D eigenvalue weighted by atomic mass is 19.4. The van der Waals surface area contributed by atoms with Crippen LogP contribution in [-0.4, -0.2) is 46.6 Å². The van der Waals surface area contributed by atoms with E-state index in [2.05, 4.69) is 14.7 Å². The van der Waals surface area contributed by atoms with E-state index in [-0.39, 0.29) is 34.2 Å². The van der Waals surface area contributed by atoms with Crippen LogP contribution in [0.2, 0.25) is 0 Å². The molecule has 0 saturated carbocycles. The van der Waals surface area contributed by atoms with Gasteiger partial charge < -0.3 is 9.64 Å². The van der Waals surface area contributed by atoms with Crippen molar-refractivity contribution in [1.82, 2.24) is 14.9 Å². The van der Waals surface area contributed by atoms with Gasteiger partial charge in [-0.15, -0.1) is 0 Å². The van der Waals surface area contributed by atoms with E-state index in [9.17, 15) is 44.3 Å². The normalized spacial score (nSPS) is 15.8. The van der Waals surface area contributed by atoms with Gasteiger partial charge >= 0.3 is 18.5 Å². The first-order valence-corrected chi connectivity index (χ1v) is 13.4. The number of halogens is 9. The van der Waals surface area contributed by atoms with Crippen LogP contribution < -0.4 is 4.74 Å². The number of rotatable bonds is 6. The number of carbonyl (C=O) groups is 1. The molecule has 14 heteroatoms. The molecule has 45 heavy (non-hydrogen) atoms. The highest BCUT2D eigenvalue weighted by Gasteiger charge is 2.37. The molecule has 5 nitrogen and oxygen atoms in total. The number of ether oxygens (including phenoxy) is 1. The number of alkyl halides is 9. The van der Waals surface area contributed by atoms with Crippen LogP contribution in [0.15, 0.2) is 79.3 Å². The molecule has 1 atom stereocenters. The number of carbonyl (C=O) groups excluding carboxylic acids is 1. The number of nitrogens with zero attached hydrogens (tertiary/aromatic N) is 3. The quantitative estimate of drug-likeness (QED) is 0.199. The zero-order chi connectivity index (χ0) is 32.6. The first kappa shape index (κ1) is 31.8. The van der Waals surface area contributed by atoms with Crippen LogP contribution in [0.1, 0.15) is 39.4 Å². The lowest BCUT2D eigenvalue weighted by Gasteiger charge is -2.20. The van der Waals surface area contributed by atoms with Crippen LogP contribution in [0.4, 0.5) is 39.5 Å². The fourth-order valence-electron chi connectivity index (χ4n) is 5.08. The SMILES string of the molecule is O=C(c1ccc(-c2cc(C(F)(F)F)cc(C(F)(F)F)c2)c(-c2ccc(OCC(F)(F)F)nc2)c1)N1CCC(c2cccnc2)C1. The molecular formula is C31H22F9N3O2. The van der Waals surface area contributed by atoms with Gasteiger partial charge in [-0.3, -0.25) is 9.78 Å². The molecular weight excluding hydrogens is 617 g/mol. The van der Waals surface area contributed by atoms with Crippen molar-refractivity contribution in [3.05, 3.63) is 102 Å². The van der Waals surface area contributed by atoms with E-state index < -0.39 is 53.6 Å². The minimum Gasteiger partial charge on any atom is -0.468 e. The van der Waals surface area contributed by atoms with E-state index in [0.717, 1.165) is 17.8 Å². The summed E-state index contributed by atoms with van der Waals surface area (Å²) < 4.78 is 124. The summed E-state index contributed by atoms with van der Waals surface area (Å²) in [4.78, 5) is 23.0. The Bertz CT molecular complexity index is 1640. The average Bonchev–Trinajstić information content (AvgIpc) is 3.49. The minimum absolute atomic E-state index is 0.00144. The van der Waals surface area contributed by atoms with E-state index >= 15 is 0 Å². The number of likely N-dealkylation sites (tertiary alicyclic amines) is 1. The van der Waals surface area contributed by atoms with Crippen molar-refractivity contribution in [2.75, 3.05) is 19.7 Å². The van der Waals surface area contributed by atoms with Crippen LogP contribution in [0, 0.1) is 0 Å². The molecule has 0 aliphatic carbocycles. The lowest BCUT2D eigenvalue weighted by molar-refractivity contribution is -0.154. The molecule has 1 saturated heterocycles. The number of pyridine rings is 2. The van der Waals surface area contributed by atoms with Crippen LogP contribution in [0.5, 0.6) is 5.88 Å². The Kier molecular flexibility index (Phi) is 8.51. The van der Waals surface area contributed by atoms with E-state index in [1.165, 1.54) is 24.3 Å². The van der Waals surface area contributed by atoms with E-state index in [4.69, 9.17) is 0 Å². The molecule has 3 heterocycles. The fraction of sp³-hybridized carbons (Fsp3) is 0.258. The zero-order valence-electron chi connectivity index (χ0n) is 23.0. The molecule has 0 radical (unpaired) electrons. The Morgan fingerprint density at radius 3 is 2.11 bits per heavy atom. The number of aromatic nitrogens is 2. The molecule has 0 N–H and O–H groups in total. The Labute approximate surface area is 250 Å². The molecule has 1 fully saturated rings. The molecule has 4 aromatic rings. The van der Waals surface area contributed by atoms with Crippen molar-refractivity contribution in [1.29, 1.82) is 0 Å². The molecule has 2 aromatic heterocycles. The Morgan fingerprint density at radius 2 is 1.53 bits per heavy atom. The van der Waals surface area contributed by atoms with Crippen molar-refractivity contribution < 1.29 is 49.0 Å². The third kappa shape index (κ3) is 7.55. The number of hydrogen-bond donors (Lipinski definition) is 0. The summed E-state index contributed by atoms with van der Waals surface area (Å²) in [6, 6.07) is 11.0. The van der Waals surface area contributed by atoms with Gasteiger partial charge in [0.2, 0.25) is 5.88 Å². The largest absolute Gasteiger partial charge is 0.468 e. The van der Waals surface area contributed by atoms with Gasteiger partial charge in [-0.2, -0.15) is 39.5 Å². The van der Waals surface area contributed by atoms with Crippen molar-refractivity contribution >= 4 is 5.91 Å². The Balaban J connectivity index is 1.56. The maximum atomic E-state index is 13.6. The third-order valence-electron chi connectivity index (χ3n) is 7.23. The number of hydrogen-bond acceptors (Lipinski definition) is 4. The second kappa shape index (κ2) is 12.1. The molecule has 1 aliphatic heterocycles. The van der Waals surface area contributed by atoms with Gasteiger partial charge in [0, 0.05) is 54.8 Å². The summed E-state index contributed by atoms with van der Waals surface area (Å²) in [7, 11) is 0. The third-order valence-corrected chi connectivity index (χ3v) is 7.23. The van der Waals surface area contributed by atoms with Gasteiger partial charge in [-0.25, -0.2) is 4.98 Å². The maximum Gasteiger partial charge on any atom is 0.422 e. The number of amides is 1. The molecule has 0 spiro atoms. The number of benzene rings is 2. The molecule has 236 valence electrons. The molecule has 1 amide bonds. The van der Waals surface area contributed by atoms with E-state index in [1.807, 2.05) is 6.07 Å². The van der Waals surface area contributed by atoms with Gasteiger partial charge in [-0.05, 0) is 71.1 Å². The molecule has 1 unspecified atom stereocenters. The predicted octanol–water partition coefficient (Wildman–Crippen LogP) is 8.42. The van der Waals surface area contributed by atoms with Gasteiger partial charge in [-0.1, -0.05) is 12.1 Å². The second-order valence-corrected chi connectivity index (χ2v) is 10.4. The first-order chi connectivity index (χ1) is 21.1. The summed E-state index contributed by atoms with van der Waals surface area (Å²) in [5, 5.41) is 0. The van der Waals surface area contributed by atoms with Crippen molar-refractivity contribution in [2.45, 2.75) is 30.9 Å². The van der Waals surface area contributed by atoms with Crippen molar-refractivity contribution in [2.24, 2.45) is 0 Å². The van der Waals surface area contributed by atoms with Crippen LogP contribution in [-0.2, 0) is 12.4 Å². The predicted molar refractivity (Wildman–Crippen MR) is 144 cm³/mol. The lowest BCUT2D eigenvalue weighted by atomic mass is 9.91. The highest BCUT2D eigenvalue weighted by molar-refractivity contribution is 5.98. The minimum atomic E-state index is -5.11. The summed E-state index contributed by atoms with van der Waals surface area (Å²) >= 11 is 0. The van der Waals surface area contributed by atoms with E-state index in [0.29, 0.717) is 31.6 Å². The van der Waals surface area contributed by atoms with E-state index in [1.54, 1.807) is 23.4 Å². The molecule has 1 aliphatic rings. The average molecular weight is 640 g/mol. The van der Waals surface area contributed by atoms with Crippen molar-refractivity contribution in [3.63, 3.8) is 0 Å². The maximum absolute atomic E-state index is 13.6. The second-order valence-electron chi connectivity index (χ2n) is 10.4. The molecule has 2 aromatic carbocycles. The molecule has 5 rings (SSSR count). The van der Waals surface area contributed by atoms with Gasteiger partial charge in [0.05, 0.1) is 11.1 Å². The van der Waals surface area contributed by atoms with Gasteiger partial charge in [0.15, 0.2) is 6.61 Å². The van der Waals surface area contributed by atoms with Crippen molar-refractivity contribution in [3.8, 4) is 28.1 Å². The monoisotopic (exact) mass is 639 g/mol. The fourth-order valence-corrected chi connectivity index (χ4v) is 5.08. The summed E-state index contributed by atoms with van der Waals surface area (Å²) in [6.45, 7) is -0.878. The van der Waals surface area contributed by atoms with Crippen LogP contribution in [0.25, 0.3) is 22.3 Å². The topological polar surface area (TPSA) is 55.3 Å². The van der Waals surface area contributed by atoms with Crippen LogP contribution in [0.3, 0.4) is 0 Å². The van der Waals surface area contributed by atoms with Gasteiger partial charge in [0.25, 0.3) is 5.91 Å². The zero-order valence-corrected chi connectivity index (χ0v) is 23.0. The Morgan fingerprint density at radius 1 is 0.822 bits per heavy atom. The molecule has 0 bridgehead atoms. The van der Waals surface area contributed by atoms with Crippen LogP contribution >= 0.6 is 0 Å². The summed E-state index contributed by atoms with van der Waals surface area (Å²) in [5.41, 5.74) is -2.43. The highest BCUT2D eigenvalue weighted by Crippen LogP contribution is 2.41. The first-order valence-electron chi connectivity index (χ1n) is 13.4. The standard InChI is InChI=1S/C31H22F9N3O2/c32-29(33,34)17-45-27-6-4-20(15-42-27)26-12-18(28(44)43-9-7-21(16-43)19-2-1-8-41-14-19)3-5-25(26)22-10-23(30(35,36)37)13-24(11-22)31(38,39)40/h1-6,8,10-15,21H,7,9,16-17H2. The summed E-state index contributed by atoms with van der Waals surface area (Å²) in [5.74, 6) is -0.824. The Hall–Kier alpha value is -4.62. The smallest absolute Gasteiger partial charge is 0.422 e. The summed E-state index contributed by atoms with van der Waals surface area (Å²) in [6.07, 6.45) is -9.83.